The Morgan fingerprint density at radius 3 is 1.61 bits per heavy atom. The molecular formula is C46H31N7S. The second-order valence-electron chi connectivity index (χ2n) is 13.3. The first-order valence-electron chi connectivity index (χ1n) is 17.7. The third-order valence-electron chi connectivity index (χ3n) is 10.2. The van der Waals surface area contributed by atoms with Gasteiger partial charge in [-0.15, -0.1) is 0 Å². The summed E-state index contributed by atoms with van der Waals surface area (Å²) >= 11 is 4.40. The standard InChI is InChI=1S/C46H31N7S/c47-37-27-26-36-41(43(37)52-54)35-14-4-7-15-38(35)48-42(36)28-18-20-30(21-19-28)45-49-44(29-10-2-1-3-11-29)50-46(51-45)31-22-24-32(25-23-31)53-39-16-8-5-12-33(39)34-13-6-9-17-40(34)53/h1-27,43,47,52,54H. The fourth-order valence-electron chi connectivity index (χ4n) is 7.60. The Morgan fingerprint density at radius 1 is 0.500 bits per heavy atom. The Balaban J connectivity index is 1.06. The summed E-state index contributed by atoms with van der Waals surface area (Å²) in [6.45, 7) is 0. The van der Waals surface area contributed by atoms with Gasteiger partial charge < -0.3 is 9.98 Å². The molecule has 0 spiro atoms. The molecule has 1 atom stereocenters. The van der Waals surface area contributed by atoms with Crippen molar-refractivity contribution in [2.75, 3.05) is 0 Å². The van der Waals surface area contributed by atoms with E-state index >= 15 is 0 Å². The van der Waals surface area contributed by atoms with E-state index in [-0.39, 0.29) is 6.04 Å². The number of benzene rings is 6. The average Bonchev–Trinajstić information content (AvgIpc) is 3.58. The maximum absolute atomic E-state index is 8.57. The first kappa shape index (κ1) is 32.0. The number of hydrogen-bond donors (Lipinski definition) is 3. The predicted octanol–water partition coefficient (Wildman–Crippen LogP) is 10.7. The second kappa shape index (κ2) is 13.0. The van der Waals surface area contributed by atoms with Gasteiger partial charge in [0.25, 0.3) is 0 Å². The molecule has 7 nitrogen and oxygen atoms in total. The Labute approximate surface area is 316 Å². The first-order chi connectivity index (χ1) is 26.6. The maximum atomic E-state index is 8.57. The molecule has 1 aliphatic carbocycles. The van der Waals surface area contributed by atoms with Crippen molar-refractivity contribution in [1.29, 1.82) is 5.41 Å². The van der Waals surface area contributed by atoms with Crippen LogP contribution in [0.25, 0.3) is 89.9 Å². The Bertz CT molecular complexity index is 2880. The van der Waals surface area contributed by atoms with Gasteiger partial charge in [0.2, 0.25) is 0 Å². The summed E-state index contributed by atoms with van der Waals surface area (Å²) in [4.78, 5) is 20.1. The summed E-state index contributed by atoms with van der Waals surface area (Å²) in [7, 11) is 0. The van der Waals surface area contributed by atoms with Gasteiger partial charge in [0.1, 0.15) is 0 Å². The van der Waals surface area contributed by atoms with E-state index in [1.165, 1.54) is 10.8 Å². The molecule has 0 saturated heterocycles. The normalized spacial score (nSPS) is 13.9. The average molecular weight is 714 g/mol. The molecule has 0 aliphatic heterocycles. The molecule has 0 radical (unpaired) electrons. The van der Waals surface area contributed by atoms with Crippen molar-refractivity contribution in [3.63, 3.8) is 0 Å². The minimum atomic E-state index is -0.352. The largest absolute Gasteiger partial charge is 0.309 e. The summed E-state index contributed by atoms with van der Waals surface area (Å²) in [6.07, 6.45) is 3.80. The number of para-hydroxylation sites is 3. The molecule has 10 rings (SSSR count). The quantitative estimate of drug-likeness (QED) is 0.149. The van der Waals surface area contributed by atoms with Crippen LogP contribution in [0.1, 0.15) is 17.2 Å². The van der Waals surface area contributed by atoms with Crippen molar-refractivity contribution >= 4 is 57.3 Å². The molecule has 2 N–H and O–H groups in total. The van der Waals surface area contributed by atoms with Gasteiger partial charge in [-0.1, -0.05) is 128 Å². The number of thiol groups is 1. The number of aromatic nitrogens is 5. The third-order valence-corrected chi connectivity index (χ3v) is 10.4. The lowest BCUT2D eigenvalue weighted by Gasteiger charge is -2.25. The molecule has 3 aromatic heterocycles. The Kier molecular flexibility index (Phi) is 7.71. The van der Waals surface area contributed by atoms with E-state index in [0.29, 0.717) is 23.2 Å². The zero-order valence-corrected chi connectivity index (χ0v) is 29.7. The molecule has 0 bridgehead atoms. The summed E-state index contributed by atoms with van der Waals surface area (Å²) in [5.74, 6) is 1.78. The highest BCUT2D eigenvalue weighted by Crippen LogP contribution is 2.39. The molecule has 256 valence electrons. The first-order valence-corrected chi connectivity index (χ1v) is 18.2. The van der Waals surface area contributed by atoms with Gasteiger partial charge in [-0.2, -0.15) is 0 Å². The Morgan fingerprint density at radius 2 is 1.00 bits per heavy atom. The molecule has 8 heteroatoms. The van der Waals surface area contributed by atoms with Gasteiger partial charge in [0.15, 0.2) is 17.5 Å². The highest BCUT2D eigenvalue weighted by molar-refractivity contribution is 7.78. The van der Waals surface area contributed by atoms with E-state index in [2.05, 4.69) is 113 Å². The monoisotopic (exact) mass is 713 g/mol. The lowest BCUT2D eigenvalue weighted by molar-refractivity contribution is 0.886. The fourth-order valence-corrected chi connectivity index (χ4v) is 7.87. The molecule has 0 saturated carbocycles. The number of nitrogens with one attached hydrogen (secondary N) is 2. The summed E-state index contributed by atoms with van der Waals surface area (Å²) in [6, 6.07) is 51.4. The smallest absolute Gasteiger partial charge is 0.164 e. The summed E-state index contributed by atoms with van der Waals surface area (Å²) < 4.78 is 5.35. The highest BCUT2D eigenvalue weighted by Gasteiger charge is 2.26. The number of rotatable bonds is 6. The second-order valence-corrected chi connectivity index (χ2v) is 13.6. The van der Waals surface area contributed by atoms with Crippen LogP contribution < -0.4 is 4.72 Å². The van der Waals surface area contributed by atoms with Crippen LogP contribution in [0.15, 0.2) is 158 Å². The molecule has 0 amide bonds. The van der Waals surface area contributed by atoms with Crippen LogP contribution in [0.2, 0.25) is 0 Å². The van der Waals surface area contributed by atoms with Crippen LogP contribution in [0.4, 0.5) is 0 Å². The molecule has 9 aromatic rings. The van der Waals surface area contributed by atoms with Gasteiger partial charge in [-0.25, -0.2) is 19.9 Å². The molecule has 1 aliphatic rings. The third kappa shape index (κ3) is 5.31. The van der Waals surface area contributed by atoms with Crippen molar-refractivity contribution in [1.82, 2.24) is 29.2 Å². The maximum Gasteiger partial charge on any atom is 0.164 e. The van der Waals surface area contributed by atoms with E-state index in [1.54, 1.807) is 0 Å². The molecule has 0 fully saturated rings. The van der Waals surface area contributed by atoms with Crippen molar-refractivity contribution < 1.29 is 0 Å². The summed E-state index contributed by atoms with van der Waals surface area (Å²) in [5, 5.41) is 12.0. The van der Waals surface area contributed by atoms with Crippen molar-refractivity contribution in [2.45, 2.75) is 6.04 Å². The minimum Gasteiger partial charge on any atom is -0.309 e. The van der Waals surface area contributed by atoms with E-state index < -0.39 is 0 Å². The van der Waals surface area contributed by atoms with E-state index in [1.807, 2.05) is 72.8 Å². The van der Waals surface area contributed by atoms with E-state index in [9.17, 15) is 0 Å². The fraction of sp³-hybridized carbons (Fsp3) is 0.0217. The van der Waals surface area contributed by atoms with Gasteiger partial charge in [-0.05, 0) is 54.1 Å². The zero-order valence-electron chi connectivity index (χ0n) is 28.8. The van der Waals surface area contributed by atoms with E-state index in [0.717, 1.165) is 66.7 Å². The van der Waals surface area contributed by atoms with Crippen LogP contribution in [0, 0.1) is 5.41 Å². The Hall–Kier alpha value is -6.74. The van der Waals surface area contributed by atoms with Gasteiger partial charge >= 0.3 is 0 Å². The van der Waals surface area contributed by atoms with E-state index in [4.69, 9.17) is 25.3 Å². The minimum absolute atomic E-state index is 0.352. The topological polar surface area (TPSA) is 92.4 Å². The van der Waals surface area contributed by atoms with Crippen LogP contribution >= 0.6 is 12.8 Å². The zero-order chi connectivity index (χ0) is 36.2. The summed E-state index contributed by atoms with van der Waals surface area (Å²) in [5.41, 5.74) is 11.2. The van der Waals surface area contributed by atoms with Crippen LogP contribution in [-0.2, 0) is 0 Å². The predicted molar refractivity (Wildman–Crippen MR) is 223 cm³/mol. The van der Waals surface area contributed by atoms with Crippen LogP contribution in [0.3, 0.4) is 0 Å². The SMILES string of the molecule is N=C1C=Cc2c(-c3ccc(-c4nc(-c5ccccc5)nc(-c5ccc(-n6c7ccccc7c7ccccc76)cc5)n4)cc3)nc3ccccc3c2C1NS. The number of nitrogens with zero attached hydrogens (tertiary/aromatic N) is 5. The van der Waals surface area contributed by atoms with Gasteiger partial charge in [-0.3, -0.25) is 4.72 Å². The van der Waals surface area contributed by atoms with Crippen molar-refractivity contribution in [3.05, 3.63) is 169 Å². The lowest BCUT2D eigenvalue weighted by Crippen LogP contribution is -2.24. The van der Waals surface area contributed by atoms with Gasteiger partial charge in [0.05, 0.1) is 34.0 Å². The number of fused-ring (bicyclic) bond motifs is 6. The molecular weight excluding hydrogens is 683 g/mol. The molecule has 3 heterocycles. The lowest BCUT2D eigenvalue weighted by atomic mass is 9.86. The number of hydrogen-bond acceptors (Lipinski definition) is 7. The highest BCUT2D eigenvalue weighted by atomic mass is 32.1. The molecule has 1 unspecified atom stereocenters. The van der Waals surface area contributed by atoms with Crippen LogP contribution in [-0.4, -0.2) is 30.2 Å². The van der Waals surface area contributed by atoms with Crippen molar-refractivity contribution in [2.24, 2.45) is 0 Å². The van der Waals surface area contributed by atoms with Crippen molar-refractivity contribution in [3.8, 4) is 51.1 Å². The van der Waals surface area contributed by atoms with Gasteiger partial charge in [0, 0.05) is 49.7 Å². The van der Waals surface area contributed by atoms with Crippen LogP contribution in [0.5, 0.6) is 0 Å². The number of pyridine rings is 1. The molecule has 6 aromatic carbocycles. The molecule has 54 heavy (non-hydrogen) atoms.